The maximum absolute atomic E-state index is 13.5. The van der Waals surface area contributed by atoms with Gasteiger partial charge in [-0.3, -0.25) is 19.2 Å². The maximum Gasteiger partial charge on any atom is 0.252 e. The lowest BCUT2D eigenvalue weighted by molar-refractivity contribution is -0.114. The van der Waals surface area contributed by atoms with Gasteiger partial charge in [0.2, 0.25) is 0 Å². The molecule has 0 bridgehead atoms. The number of carbonyl (C=O) groups excluding carboxylic acids is 1. The zero-order valence-electron chi connectivity index (χ0n) is 15.3. The van der Waals surface area contributed by atoms with E-state index in [1.54, 1.807) is 36.0 Å². The summed E-state index contributed by atoms with van der Waals surface area (Å²) >= 11 is 0. The van der Waals surface area contributed by atoms with Gasteiger partial charge in [0.15, 0.2) is 0 Å². The van der Waals surface area contributed by atoms with E-state index in [4.69, 9.17) is 5.73 Å². The Morgan fingerprint density at radius 3 is 2.93 bits per heavy atom. The third-order valence-electron chi connectivity index (χ3n) is 4.05. The SMILES string of the molecule is C=C(NCc1cccnc1)/C(=C\N=C(C)c1cnc2ccc(F)cn12)C(N)=O. The molecule has 0 aliphatic rings. The van der Waals surface area contributed by atoms with Crippen LogP contribution in [0.15, 0.2) is 78.1 Å². The number of nitrogens with one attached hydrogen (secondary N) is 1. The Morgan fingerprint density at radius 2 is 2.21 bits per heavy atom. The molecule has 0 unspecified atom stereocenters. The second-order valence-electron chi connectivity index (χ2n) is 6.03. The summed E-state index contributed by atoms with van der Waals surface area (Å²) in [6.45, 7) is 6.03. The van der Waals surface area contributed by atoms with E-state index in [1.807, 2.05) is 12.1 Å². The number of hydrogen-bond donors (Lipinski definition) is 2. The quantitative estimate of drug-likeness (QED) is 0.375. The lowest BCUT2D eigenvalue weighted by atomic mass is 10.2. The fraction of sp³-hybridized carbons (Fsp3) is 0.100. The van der Waals surface area contributed by atoms with Gasteiger partial charge in [0.1, 0.15) is 11.5 Å². The second kappa shape index (κ2) is 8.26. The molecule has 142 valence electrons. The van der Waals surface area contributed by atoms with Crippen LogP contribution in [0.1, 0.15) is 18.2 Å². The molecule has 0 aliphatic heterocycles. The van der Waals surface area contributed by atoms with E-state index in [9.17, 15) is 9.18 Å². The molecule has 3 N–H and O–H groups in total. The highest BCUT2D eigenvalue weighted by molar-refractivity contribution is 6.00. The standard InChI is InChI=1S/C20H19FN6O/c1-13(24-9-15-4-3-7-23-8-15)17(20(22)28)10-25-14(2)18-11-26-19-6-5-16(21)12-27(18)19/h3-8,10-12,24H,1,9H2,2H3,(H2,22,28)/b17-10+,25-14?. The van der Waals surface area contributed by atoms with Crippen LogP contribution in [0, 0.1) is 5.82 Å². The lowest BCUT2D eigenvalue weighted by Crippen LogP contribution is -2.22. The summed E-state index contributed by atoms with van der Waals surface area (Å²) in [7, 11) is 0. The number of aliphatic imine (C=N–C) groups is 1. The average molecular weight is 378 g/mol. The smallest absolute Gasteiger partial charge is 0.252 e. The predicted octanol–water partition coefficient (Wildman–Crippen LogP) is 2.35. The number of aromatic nitrogens is 3. The number of pyridine rings is 2. The van der Waals surface area contributed by atoms with E-state index < -0.39 is 5.91 Å². The summed E-state index contributed by atoms with van der Waals surface area (Å²) in [6, 6.07) is 6.62. The van der Waals surface area contributed by atoms with E-state index in [1.165, 1.54) is 18.5 Å². The van der Waals surface area contributed by atoms with Crippen molar-refractivity contribution in [2.45, 2.75) is 13.5 Å². The van der Waals surface area contributed by atoms with E-state index in [2.05, 4.69) is 26.9 Å². The van der Waals surface area contributed by atoms with Crippen molar-refractivity contribution < 1.29 is 9.18 Å². The highest BCUT2D eigenvalue weighted by Crippen LogP contribution is 2.11. The van der Waals surface area contributed by atoms with Crippen LogP contribution in [0.4, 0.5) is 4.39 Å². The van der Waals surface area contributed by atoms with Gasteiger partial charge in [0, 0.05) is 37.0 Å². The van der Waals surface area contributed by atoms with Gasteiger partial charge in [-0.2, -0.15) is 0 Å². The Bertz CT molecular complexity index is 1080. The maximum atomic E-state index is 13.5. The van der Waals surface area contributed by atoms with Crippen LogP contribution in [-0.2, 0) is 11.3 Å². The molecular weight excluding hydrogens is 359 g/mol. The molecule has 0 atom stereocenters. The van der Waals surface area contributed by atoms with Gasteiger partial charge in [-0.1, -0.05) is 12.6 Å². The van der Waals surface area contributed by atoms with Crippen LogP contribution >= 0.6 is 0 Å². The Morgan fingerprint density at radius 1 is 1.39 bits per heavy atom. The number of halogens is 1. The molecule has 7 nitrogen and oxygen atoms in total. The fourth-order valence-corrected chi connectivity index (χ4v) is 2.55. The van der Waals surface area contributed by atoms with Crippen molar-refractivity contribution in [3.05, 3.63) is 90.2 Å². The summed E-state index contributed by atoms with van der Waals surface area (Å²) in [5, 5.41) is 3.04. The number of imidazole rings is 1. The summed E-state index contributed by atoms with van der Waals surface area (Å²) in [6.07, 6.45) is 7.64. The van der Waals surface area contributed by atoms with Gasteiger partial charge in [-0.05, 0) is 30.7 Å². The molecule has 3 aromatic rings. The molecule has 1 amide bonds. The van der Waals surface area contributed by atoms with Crippen LogP contribution < -0.4 is 11.1 Å². The highest BCUT2D eigenvalue weighted by atomic mass is 19.1. The van der Waals surface area contributed by atoms with Crippen molar-refractivity contribution in [2.75, 3.05) is 0 Å². The first-order valence-electron chi connectivity index (χ1n) is 8.45. The van der Waals surface area contributed by atoms with E-state index in [-0.39, 0.29) is 11.4 Å². The first-order valence-corrected chi connectivity index (χ1v) is 8.45. The van der Waals surface area contributed by atoms with Gasteiger partial charge >= 0.3 is 0 Å². The number of fused-ring (bicyclic) bond motifs is 1. The topological polar surface area (TPSA) is 97.7 Å². The molecule has 0 aliphatic carbocycles. The Kier molecular flexibility index (Phi) is 5.59. The number of primary amides is 1. The number of carbonyl (C=O) groups is 1. The second-order valence-corrected chi connectivity index (χ2v) is 6.03. The molecule has 0 spiro atoms. The van der Waals surface area contributed by atoms with Crippen molar-refractivity contribution in [1.29, 1.82) is 0 Å². The van der Waals surface area contributed by atoms with Crippen molar-refractivity contribution in [3.63, 3.8) is 0 Å². The molecule has 3 heterocycles. The van der Waals surface area contributed by atoms with E-state index in [0.29, 0.717) is 29.3 Å². The Labute approximate surface area is 161 Å². The van der Waals surface area contributed by atoms with Gasteiger partial charge < -0.3 is 11.1 Å². The van der Waals surface area contributed by atoms with Crippen LogP contribution in [0.5, 0.6) is 0 Å². The van der Waals surface area contributed by atoms with Gasteiger partial charge in [-0.25, -0.2) is 9.37 Å². The van der Waals surface area contributed by atoms with Gasteiger partial charge in [-0.15, -0.1) is 0 Å². The molecule has 28 heavy (non-hydrogen) atoms. The van der Waals surface area contributed by atoms with Crippen molar-refractivity contribution >= 4 is 17.3 Å². The number of hydrogen-bond acceptors (Lipinski definition) is 5. The molecule has 0 saturated carbocycles. The zero-order chi connectivity index (χ0) is 20.1. The van der Waals surface area contributed by atoms with E-state index >= 15 is 0 Å². The zero-order valence-corrected chi connectivity index (χ0v) is 15.3. The van der Waals surface area contributed by atoms with Crippen molar-refractivity contribution in [3.8, 4) is 0 Å². The average Bonchev–Trinajstić information content (AvgIpc) is 3.10. The number of amides is 1. The lowest BCUT2D eigenvalue weighted by Gasteiger charge is -2.10. The largest absolute Gasteiger partial charge is 0.381 e. The summed E-state index contributed by atoms with van der Waals surface area (Å²) in [4.78, 5) is 24.4. The summed E-state index contributed by atoms with van der Waals surface area (Å²) in [5.74, 6) is -1.05. The third-order valence-corrected chi connectivity index (χ3v) is 4.05. The molecule has 3 aromatic heterocycles. The van der Waals surface area contributed by atoms with Crippen molar-refractivity contribution in [2.24, 2.45) is 10.7 Å². The van der Waals surface area contributed by atoms with Crippen LogP contribution in [0.25, 0.3) is 5.65 Å². The molecule has 3 rings (SSSR count). The molecule has 0 saturated heterocycles. The minimum absolute atomic E-state index is 0.142. The van der Waals surface area contributed by atoms with Crippen LogP contribution in [0.3, 0.4) is 0 Å². The molecular formula is C20H19FN6O. The number of nitrogens with two attached hydrogens (primary N) is 1. The van der Waals surface area contributed by atoms with Crippen molar-refractivity contribution in [1.82, 2.24) is 19.7 Å². The Balaban J connectivity index is 1.81. The Hall–Kier alpha value is -3.81. The van der Waals surface area contributed by atoms with Crippen LogP contribution in [-0.4, -0.2) is 26.0 Å². The minimum Gasteiger partial charge on any atom is -0.381 e. The molecule has 8 heteroatoms. The third kappa shape index (κ3) is 4.29. The highest BCUT2D eigenvalue weighted by Gasteiger charge is 2.11. The first-order chi connectivity index (χ1) is 13.5. The molecule has 0 fully saturated rings. The van der Waals surface area contributed by atoms with Crippen LogP contribution in [0.2, 0.25) is 0 Å². The first kappa shape index (κ1) is 19.0. The van der Waals surface area contributed by atoms with Gasteiger partial charge in [0.25, 0.3) is 5.91 Å². The molecule has 0 radical (unpaired) electrons. The number of rotatable bonds is 7. The monoisotopic (exact) mass is 378 g/mol. The van der Waals surface area contributed by atoms with E-state index in [0.717, 1.165) is 5.56 Å². The van der Waals surface area contributed by atoms with Gasteiger partial charge in [0.05, 0.1) is 23.2 Å². The summed E-state index contributed by atoms with van der Waals surface area (Å²) < 4.78 is 15.1. The summed E-state index contributed by atoms with van der Waals surface area (Å²) in [5.41, 5.74) is 8.61. The minimum atomic E-state index is -0.663. The molecule has 0 aromatic carbocycles. The fourth-order valence-electron chi connectivity index (χ4n) is 2.55. The number of nitrogens with zero attached hydrogens (tertiary/aromatic N) is 4. The normalized spacial score (nSPS) is 12.2. The predicted molar refractivity (Wildman–Crippen MR) is 105 cm³/mol.